The van der Waals surface area contributed by atoms with Gasteiger partial charge in [0.2, 0.25) is 15.0 Å². The second-order valence-electron chi connectivity index (χ2n) is 7.19. The van der Waals surface area contributed by atoms with Gasteiger partial charge in [-0.2, -0.15) is 4.31 Å². The summed E-state index contributed by atoms with van der Waals surface area (Å²) in [6.07, 6.45) is 1.17. The van der Waals surface area contributed by atoms with Crippen LogP contribution in [0.2, 0.25) is 5.02 Å². The SMILES string of the molecule is O=C(Nc1cccc(Cl)c1)c1nnc(C2CCCN(S(=O)(=O)c3ccc(F)cc3F)C2)s1. The van der Waals surface area contributed by atoms with Gasteiger partial charge in [-0.05, 0) is 43.2 Å². The van der Waals surface area contributed by atoms with E-state index in [1.807, 2.05) is 0 Å². The number of anilines is 1. The van der Waals surface area contributed by atoms with Gasteiger partial charge in [0, 0.05) is 35.8 Å². The van der Waals surface area contributed by atoms with Crippen molar-refractivity contribution in [3.8, 4) is 0 Å². The molecule has 2 heterocycles. The zero-order valence-electron chi connectivity index (χ0n) is 16.5. The highest BCUT2D eigenvalue weighted by atomic mass is 35.5. The quantitative estimate of drug-likeness (QED) is 0.566. The highest BCUT2D eigenvalue weighted by Crippen LogP contribution is 2.32. The van der Waals surface area contributed by atoms with Crippen molar-refractivity contribution < 1.29 is 22.0 Å². The minimum absolute atomic E-state index is 0.0592. The van der Waals surface area contributed by atoms with Crippen LogP contribution in [0.5, 0.6) is 0 Å². The Balaban J connectivity index is 1.49. The number of nitrogens with zero attached hydrogens (tertiary/aromatic N) is 3. The highest BCUT2D eigenvalue weighted by Gasteiger charge is 2.34. The number of halogens is 3. The van der Waals surface area contributed by atoms with Crippen LogP contribution in [0, 0.1) is 11.6 Å². The lowest BCUT2D eigenvalue weighted by molar-refractivity contribution is 0.102. The van der Waals surface area contributed by atoms with Crippen LogP contribution in [-0.4, -0.2) is 41.9 Å². The molecule has 1 N–H and O–H groups in total. The first kappa shape index (κ1) is 22.7. The van der Waals surface area contributed by atoms with Gasteiger partial charge in [0.1, 0.15) is 21.5 Å². The van der Waals surface area contributed by atoms with Crippen molar-refractivity contribution in [1.29, 1.82) is 0 Å². The molecule has 3 aromatic rings. The van der Waals surface area contributed by atoms with Gasteiger partial charge in [-0.25, -0.2) is 17.2 Å². The van der Waals surface area contributed by atoms with Gasteiger partial charge >= 0.3 is 0 Å². The number of benzene rings is 2. The van der Waals surface area contributed by atoms with E-state index in [1.54, 1.807) is 24.3 Å². The Morgan fingerprint density at radius 2 is 2.00 bits per heavy atom. The van der Waals surface area contributed by atoms with Crippen molar-refractivity contribution in [2.75, 3.05) is 18.4 Å². The molecule has 0 saturated carbocycles. The van der Waals surface area contributed by atoms with Gasteiger partial charge in [0.15, 0.2) is 0 Å². The molecule has 7 nitrogen and oxygen atoms in total. The predicted octanol–water partition coefficient (Wildman–Crippen LogP) is 4.29. The second-order valence-corrected chi connectivity index (χ2v) is 10.5. The zero-order chi connectivity index (χ0) is 22.9. The van der Waals surface area contributed by atoms with Gasteiger partial charge in [-0.1, -0.05) is 29.0 Å². The Kier molecular flexibility index (Phi) is 6.52. The van der Waals surface area contributed by atoms with E-state index in [-0.39, 0.29) is 24.0 Å². The van der Waals surface area contributed by atoms with Gasteiger partial charge in [-0.15, -0.1) is 10.2 Å². The fraction of sp³-hybridized carbons (Fsp3) is 0.250. The maximum absolute atomic E-state index is 14.1. The van der Waals surface area contributed by atoms with Gasteiger partial charge in [-0.3, -0.25) is 4.79 Å². The van der Waals surface area contributed by atoms with E-state index >= 15 is 0 Å². The minimum Gasteiger partial charge on any atom is -0.320 e. The summed E-state index contributed by atoms with van der Waals surface area (Å²) in [5.74, 6) is -2.74. The highest BCUT2D eigenvalue weighted by molar-refractivity contribution is 7.89. The second kappa shape index (κ2) is 9.18. The molecular formula is C20H17ClF2N4O3S2. The van der Waals surface area contributed by atoms with Gasteiger partial charge in [0.05, 0.1) is 0 Å². The summed E-state index contributed by atoms with van der Waals surface area (Å²) in [7, 11) is -4.15. The number of carbonyl (C=O) groups excluding carboxylic acids is 1. The van der Waals surface area contributed by atoms with Crippen molar-refractivity contribution in [3.63, 3.8) is 0 Å². The van der Waals surface area contributed by atoms with E-state index in [1.165, 1.54) is 0 Å². The van der Waals surface area contributed by atoms with Crippen LogP contribution < -0.4 is 5.32 Å². The number of nitrogens with one attached hydrogen (secondary N) is 1. The number of aromatic nitrogens is 2. The molecule has 1 aliphatic rings. The summed E-state index contributed by atoms with van der Waals surface area (Å²) < 4.78 is 54.2. The summed E-state index contributed by atoms with van der Waals surface area (Å²) in [4.78, 5) is 11.9. The molecule has 1 amide bonds. The fourth-order valence-corrected chi connectivity index (χ4v) is 6.05. The lowest BCUT2D eigenvalue weighted by Crippen LogP contribution is -2.39. The molecule has 12 heteroatoms. The Morgan fingerprint density at radius 3 is 2.75 bits per heavy atom. The molecule has 168 valence electrons. The van der Waals surface area contributed by atoms with Crippen molar-refractivity contribution >= 4 is 44.6 Å². The maximum atomic E-state index is 14.1. The van der Waals surface area contributed by atoms with Gasteiger partial charge in [0.25, 0.3) is 5.91 Å². The number of carbonyl (C=O) groups is 1. The molecule has 4 rings (SSSR count). The minimum atomic E-state index is -4.15. The average Bonchev–Trinajstić information content (AvgIpc) is 3.24. The first-order valence-corrected chi connectivity index (χ1v) is 12.2. The summed E-state index contributed by atoms with van der Waals surface area (Å²) in [6.45, 7) is 0.264. The third-order valence-corrected chi connectivity index (χ3v) is 8.18. The maximum Gasteiger partial charge on any atom is 0.286 e. The lowest BCUT2D eigenvalue weighted by Gasteiger charge is -2.30. The largest absolute Gasteiger partial charge is 0.320 e. The summed E-state index contributed by atoms with van der Waals surface area (Å²) >= 11 is 6.99. The Hall–Kier alpha value is -2.47. The third kappa shape index (κ3) is 4.80. The molecule has 32 heavy (non-hydrogen) atoms. The number of sulfonamides is 1. The van der Waals surface area contributed by atoms with Crippen LogP contribution in [0.1, 0.15) is 33.6 Å². The summed E-state index contributed by atoms with van der Waals surface area (Å²) in [6, 6.07) is 9.04. The van der Waals surface area contributed by atoms with Gasteiger partial charge < -0.3 is 5.32 Å². The van der Waals surface area contributed by atoms with E-state index in [9.17, 15) is 22.0 Å². The van der Waals surface area contributed by atoms with E-state index in [2.05, 4.69) is 15.5 Å². The smallest absolute Gasteiger partial charge is 0.286 e. The molecule has 1 aliphatic heterocycles. The molecule has 1 unspecified atom stereocenters. The standard InChI is InChI=1S/C20H17ClF2N4O3S2/c21-13-4-1-5-15(9-13)24-18(28)20-26-25-19(31-20)12-3-2-8-27(11-12)32(29,30)17-7-6-14(22)10-16(17)23/h1,4-7,9-10,12H,2-3,8,11H2,(H,24,28). The monoisotopic (exact) mass is 498 g/mol. The summed E-state index contributed by atoms with van der Waals surface area (Å²) in [5, 5.41) is 11.8. The molecule has 1 aromatic heterocycles. The Bertz CT molecular complexity index is 1270. The third-order valence-electron chi connectivity index (χ3n) is 4.96. The fourth-order valence-electron chi connectivity index (χ4n) is 3.43. The first-order chi connectivity index (χ1) is 15.2. The molecule has 0 spiro atoms. The molecule has 1 saturated heterocycles. The molecule has 1 fully saturated rings. The van der Waals surface area contributed by atoms with Crippen LogP contribution in [0.4, 0.5) is 14.5 Å². The normalized spacial score (nSPS) is 17.3. The van der Waals surface area contributed by atoms with Crippen molar-refractivity contribution in [2.45, 2.75) is 23.7 Å². The predicted molar refractivity (Wildman–Crippen MR) is 116 cm³/mol. The van der Waals surface area contributed by atoms with Crippen LogP contribution >= 0.6 is 22.9 Å². The number of rotatable bonds is 5. The van der Waals surface area contributed by atoms with E-state index in [4.69, 9.17) is 11.6 Å². The van der Waals surface area contributed by atoms with Crippen LogP contribution in [-0.2, 0) is 10.0 Å². The average molecular weight is 499 g/mol. The molecular weight excluding hydrogens is 482 g/mol. The summed E-state index contributed by atoms with van der Waals surface area (Å²) in [5.41, 5.74) is 0.510. The van der Waals surface area contributed by atoms with E-state index in [0.717, 1.165) is 27.8 Å². The molecule has 1 atom stereocenters. The van der Waals surface area contributed by atoms with Crippen molar-refractivity contribution in [1.82, 2.24) is 14.5 Å². The van der Waals surface area contributed by atoms with E-state index < -0.39 is 32.5 Å². The lowest BCUT2D eigenvalue weighted by atomic mass is 10.0. The number of hydrogen-bond acceptors (Lipinski definition) is 6. The van der Waals surface area contributed by atoms with Crippen molar-refractivity contribution in [2.24, 2.45) is 0 Å². The first-order valence-electron chi connectivity index (χ1n) is 9.59. The van der Waals surface area contributed by atoms with E-state index in [0.29, 0.717) is 34.6 Å². The van der Waals surface area contributed by atoms with Crippen LogP contribution in [0.3, 0.4) is 0 Å². The molecule has 0 bridgehead atoms. The Labute approximate surface area is 192 Å². The molecule has 0 radical (unpaired) electrons. The number of amides is 1. The molecule has 2 aromatic carbocycles. The zero-order valence-corrected chi connectivity index (χ0v) is 18.9. The van der Waals surface area contributed by atoms with Crippen LogP contribution in [0.25, 0.3) is 0 Å². The Morgan fingerprint density at radius 1 is 1.19 bits per heavy atom. The molecule has 0 aliphatic carbocycles. The van der Waals surface area contributed by atoms with Crippen molar-refractivity contribution in [3.05, 3.63) is 69.1 Å². The number of piperidine rings is 1. The van der Waals surface area contributed by atoms with Crippen LogP contribution in [0.15, 0.2) is 47.4 Å². The number of hydrogen-bond donors (Lipinski definition) is 1. The topological polar surface area (TPSA) is 92.3 Å².